The second kappa shape index (κ2) is 5.73. The molecule has 2 aromatic rings. The van der Waals surface area contributed by atoms with Crippen LogP contribution in [0.5, 0.6) is 0 Å². The molecule has 0 fully saturated rings. The molecule has 1 atom stereocenters. The van der Waals surface area contributed by atoms with E-state index < -0.39 is 0 Å². The van der Waals surface area contributed by atoms with Gasteiger partial charge in [0.2, 0.25) is 0 Å². The minimum atomic E-state index is -0.386. The van der Waals surface area contributed by atoms with Crippen molar-refractivity contribution in [2.24, 2.45) is 0 Å². The monoisotopic (exact) mass is 285 g/mol. The molecule has 1 heterocycles. The Labute approximate surface area is 114 Å². The number of aryl methyl sites for hydroxylation is 1. The van der Waals surface area contributed by atoms with E-state index in [1.165, 1.54) is 17.6 Å². The molecule has 0 amide bonds. The first kappa shape index (κ1) is 13.4. The van der Waals surface area contributed by atoms with Crippen LogP contribution in [-0.2, 0) is 6.42 Å². The minimum Gasteiger partial charge on any atom is -0.312 e. The molecule has 3 nitrogen and oxygen atoms in total. The topological polar surface area (TPSA) is 37.8 Å². The Morgan fingerprint density at radius 3 is 2.89 bits per heavy atom. The zero-order valence-corrected chi connectivity index (χ0v) is 11.6. The number of benzene rings is 1. The third-order valence-corrected chi connectivity index (χ3v) is 4.17. The van der Waals surface area contributed by atoms with Crippen molar-refractivity contribution < 1.29 is 4.39 Å². The molecule has 0 aliphatic heterocycles. The standard InChI is InChI=1S/C12H13ClFN3S/c1-7-12(18-17-16-7)10(15-2)6-8-4-3-5-9(14)11(8)13/h3-5,10,15H,6H2,1-2H3. The van der Waals surface area contributed by atoms with Crippen molar-refractivity contribution in [2.75, 3.05) is 7.05 Å². The van der Waals surface area contributed by atoms with Crippen LogP contribution in [0.4, 0.5) is 4.39 Å². The summed E-state index contributed by atoms with van der Waals surface area (Å²) >= 11 is 7.32. The van der Waals surface area contributed by atoms with E-state index in [4.69, 9.17) is 11.6 Å². The summed E-state index contributed by atoms with van der Waals surface area (Å²) in [6.07, 6.45) is 0.609. The van der Waals surface area contributed by atoms with Gasteiger partial charge in [0.25, 0.3) is 0 Å². The van der Waals surface area contributed by atoms with Gasteiger partial charge in [-0.1, -0.05) is 28.2 Å². The first-order chi connectivity index (χ1) is 8.63. The quantitative estimate of drug-likeness (QED) is 0.938. The highest BCUT2D eigenvalue weighted by Gasteiger charge is 2.18. The van der Waals surface area contributed by atoms with Crippen molar-refractivity contribution in [3.8, 4) is 0 Å². The lowest BCUT2D eigenvalue weighted by molar-refractivity contribution is 0.589. The molecule has 0 saturated carbocycles. The maximum Gasteiger partial charge on any atom is 0.142 e. The number of likely N-dealkylation sites (N-methyl/N-ethyl adjacent to an activating group) is 1. The Balaban J connectivity index is 2.26. The van der Waals surface area contributed by atoms with Crippen molar-refractivity contribution in [3.05, 3.63) is 45.2 Å². The van der Waals surface area contributed by atoms with E-state index in [-0.39, 0.29) is 16.9 Å². The fourth-order valence-electron chi connectivity index (χ4n) is 1.81. The molecule has 96 valence electrons. The number of hydrogen-bond acceptors (Lipinski definition) is 4. The third kappa shape index (κ3) is 2.68. The predicted molar refractivity (Wildman–Crippen MR) is 71.6 cm³/mol. The molecular formula is C12H13ClFN3S. The van der Waals surface area contributed by atoms with Crippen molar-refractivity contribution in [3.63, 3.8) is 0 Å². The van der Waals surface area contributed by atoms with Gasteiger partial charge < -0.3 is 5.32 Å². The summed E-state index contributed by atoms with van der Waals surface area (Å²) in [4.78, 5) is 1.05. The summed E-state index contributed by atoms with van der Waals surface area (Å²) in [6, 6.07) is 4.91. The Morgan fingerprint density at radius 1 is 1.50 bits per heavy atom. The molecule has 1 aromatic carbocycles. The Kier molecular flexibility index (Phi) is 4.27. The number of hydrogen-bond donors (Lipinski definition) is 1. The van der Waals surface area contributed by atoms with Crippen LogP contribution in [0.3, 0.4) is 0 Å². The number of nitrogens with one attached hydrogen (secondary N) is 1. The van der Waals surface area contributed by atoms with E-state index >= 15 is 0 Å². The molecule has 0 aliphatic carbocycles. The van der Waals surface area contributed by atoms with E-state index in [0.717, 1.165) is 16.1 Å². The number of rotatable bonds is 4. The van der Waals surface area contributed by atoms with Crippen molar-refractivity contribution >= 4 is 23.1 Å². The van der Waals surface area contributed by atoms with Gasteiger partial charge in [0.15, 0.2) is 0 Å². The molecule has 0 aliphatic rings. The number of nitrogens with zero attached hydrogens (tertiary/aromatic N) is 2. The molecule has 6 heteroatoms. The van der Waals surface area contributed by atoms with E-state index in [1.54, 1.807) is 6.07 Å². The van der Waals surface area contributed by atoms with Crippen LogP contribution in [-0.4, -0.2) is 16.6 Å². The highest BCUT2D eigenvalue weighted by atomic mass is 35.5. The number of aromatic nitrogens is 2. The van der Waals surface area contributed by atoms with Gasteiger partial charge in [-0.05, 0) is 43.6 Å². The molecule has 0 bridgehead atoms. The van der Waals surface area contributed by atoms with Crippen LogP contribution in [0.25, 0.3) is 0 Å². The van der Waals surface area contributed by atoms with Crippen LogP contribution in [0.1, 0.15) is 22.2 Å². The van der Waals surface area contributed by atoms with Gasteiger partial charge in [0.1, 0.15) is 5.82 Å². The Bertz CT molecular complexity index is 544. The number of halogens is 2. The SMILES string of the molecule is CNC(Cc1cccc(F)c1Cl)c1snnc1C. The van der Waals surface area contributed by atoms with Gasteiger partial charge in [-0.25, -0.2) is 4.39 Å². The highest BCUT2D eigenvalue weighted by Crippen LogP contribution is 2.27. The molecule has 1 unspecified atom stereocenters. The molecule has 0 saturated heterocycles. The largest absolute Gasteiger partial charge is 0.312 e. The van der Waals surface area contributed by atoms with Gasteiger partial charge in [0.05, 0.1) is 15.6 Å². The zero-order chi connectivity index (χ0) is 13.1. The van der Waals surface area contributed by atoms with Gasteiger partial charge in [-0.3, -0.25) is 0 Å². The molecular weight excluding hydrogens is 273 g/mol. The molecule has 0 radical (unpaired) electrons. The Hall–Kier alpha value is -1.04. The highest BCUT2D eigenvalue weighted by molar-refractivity contribution is 7.05. The van der Waals surface area contributed by atoms with Crippen LogP contribution in [0, 0.1) is 12.7 Å². The summed E-state index contributed by atoms with van der Waals surface area (Å²) in [6.45, 7) is 1.91. The van der Waals surface area contributed by atoms with Gasteiger partial charge in [0, 0.05) is 6.04 Å². The predicted octanol–water partition coefficient (Wildman–Crippen LogP) is 3.14. The van der Waals surface area contributed by atoms with Crippen LogP contribution >= 0.6 is 23.1 Å². The summed E-state index contributed by atoms with van der Waals surface area (Å²) in [7, 11) is 1.86. The average Bonchev–Trinajstić information content (AvgIpc) is 2.77. The van der Waals surface area contributed by atoms with Gasteiger partial charge in [-0.15, -0.1) is 5.10 Å². The van der Waals surface area contributed by atoms with Crippen molar-refractivity contribution in [2.45, 2.75) is 19.4 Å². The third-order valence-electron chi connectivity index (χ3n) is 2.81. The van der Waals surface area contributed by atoms with E-state index in [1.807, 2.05) is 20.0 Å². The molecule has 1 N–H and O–H groups in total. The maximum absolute atomic E-state index is 13.4. The van der Waals surface area contributed by atoms with E-state index in [0.29, 0.717) is 6.42 Å². The van der Waals surface area contributed by atoms with Crippen molar-refractivity contribution in [1.82, 2.24) is 14.9 Å². The molecule has 1 aromatic heterocycles. The first-order valence-electron chi connectivity index (χ1n) is 5.52. The smallest absolute Gasteiger partial charge is 0.142 e. The summed E-state index contributed by atoms with van der Waals surface area (Å²) in [5, 5.41) is 7.37. The first-order valence-corrected chi connectivity index (χ1v) is 6.67. The molecule has 0 spiro atoms. The summed E-state index contributed by atoms with van der Waals surface area (Å²) < 4.78 is 17.3. The van der Waals surface area contributed by atoms with Gasteiger partial charge in [-0.2, -0.15) is 0 Å². The lowest BCUT2D eigenvalue weighted by atomic mass is 10.0. The fourth-order valence-corrected chi connectivity index (χ4v) is 2.76. The zero-order valence-electron chi connectivity index (χ0n) is 10.1. The second-order valence-electron chi connectivity index (χ2n) is 3.98. The van der Waals surface area contributed by atoms with Crippen LogP contribution in [0.2, 0.25) is 5.02 Å². The van der Waals surface area contributed by atoms with Gasteiger partial charge >= 0.3 is 0 Å². The lowest BCUT2D eigenvalue weighted by Gasteiger charge is -2.15. The van der Waals surface area contributed by atoms with Crippen LogP contribution in [0.15, 0.2) is 18.2 Å². The van der Waals surface area contributed by atoms with E-state index in [2.05, 4.69) is 14.9 Å². The maximum atomic E-state index is 13.4. The summed E-state index contributed by atoms with van der Waals surface area (Å²) in [5.74, 6) is -0.386. The lowest BCUT2D eigenvalue weighted by Crippen LogP contribution is -2.19. The minimum absolute atomic E-state index is 0.0456. The second-order valence-corrected chi connectivity index (χ2v) is 5.14. The molecule has 18 heavy (non-hydrogen) atoms. The average molecular weight is 286 g/mol. The van der Waals surface area contributed by atoms with Crippen molar-refractivity contribution in [1.29, 1.82) is 0 Å². The normalized spacial score (nSPS) is 12.7. The Morgan fingerprint density at radius 2 is 2.28 bits per heavy atom. The molecule has 2 rings (SSSR count). The van der Waals surface area contributed by atoms with Crippen LogP contribution < -0.4 is 5.32 Å². The van der Waals surface area contributed by atoms with E-state index in [9.17, 15) is 4.39 Å². The fraction of sp³-hybridized carbons (Fsp3) is 0.333. The summed E-state index contributed by atoms with van der Waals surface area (Å²) in [5.41, 5.74) is 1.68.